The van der Waals surface area contributed by atoms with Gasteiger partial charge in [-0.1, -0.05) is 0 Å². The van der Waals surface area contributed by atoms with E-state index in [1.54, 1.807) is 23.6 Å². The number of aliphatic hydroxyl groups is 1. The fourth-order valence-electron chi connectivity index (χ4n) is 1.49. The van der Waals surface area contributed by atoms with Gasteiger partial charge >= 0.3 is 0 Å². The van der Waals surface area contributed by atoms with Crippen LogP contribution in [0.1, 0.15) is 27.0 Å². The molecule has 2 aromatic heterocycles. The minimum absolute atomic E-state index is 0.271. The van der Waals surface area contributed by atoms with Crippen molar-refractivity contribution in [2.24, 2.45) is 0 Å². The lowest BCUT2D eigenvalue weighted by Gasteiger charge is -2.13. The highest BCUT2D eigenvalue weighted by molar-refractivity contribution is 7.12. The van der Waals surface area contributed by atoms with E-state index in [0.29, 0.717) is 16.2 Å². The number of amides is 1. The lowest BCUT2D eigenvalue weighted by Crippen LogP contribution is -2.30. The molecule has 0 aliphatic heterocycles. The molecule has 1 atom stereocenters. The van der Waals surface area contributed by atoms with E-state index in [0.717, 1.165) is 0 Å². The molecule has 1 amide bonds. The van der Waals surface area contributed by atoms with Crippen LogP contribution in [-0.4, -0.2) is 17.6 Å². The van der Waals surface area contributed by atoms with E-state index < -0.39 is 11.9 Å². The number of nitriles is 1. The zero-order valence-corrected chi connectivity index (χ0v) is 10.1. The summed E-state index contributed by atoms with van der Waals surface area (Å²) in [4.78, 5) is 12.3. The number of nitrogens with one attached hydrogen (secondary N) is 1. The average molecular weight is 262 g/mol. The van der Waals surface area contributed by atoms with Crippen molar-refractivity contribution in [2.75, 3.05) is 6.61 Å². The van der Waals surface area contributed by atoms with Crippen molar-refractivity contribution in [1.82, 2.24) is 5.32 Å². The number of rotatable bonds is 4. The van der Waals surface area contributed by atoms with Crippen LogP contribution in [0.5, 0.6) is 0 Å². The maximum absolute atomic E-state index is 11.9. The van der Waals surface area contributed by atoms with Gasteiger partial charge in [-0.3, -0.25) is 4.79 Å². The molecule has 6 heteroatoms. The van der Waals surface area contributed by atoms with E-state index in [-0.39, 0.29) is 6.61 Å². The lowest BCUT2D eigenvalue weighted by atomic mass is 10.2. The average Bonchev–Trinajstić information content (AvgIpc) is 3.05. The van der Waals surface area contributed by atoms with Gasteiger partial charge in [-0.2, -0.15) is 5.26 Å². The molecule has 0 aliphatic rings. The first kappa shape index (κ1) is 12.4. The Hall–Kier alpha value is -2.10. The fraction of sp³-hybridized carbons (Fsp3) is 0.167. The summed E-state index contributed by atoms with van der Waals surface area (Å²) >= 11 is 1.19. The van der Waals surface area contributed by atoms with Crippen LogP contribution >= 0.6 is 11.3 Å². The largest absolute Gasteiger partial charge is 0.467 e. The number of nitrogens with zero attached hydrogens (tertiary/aromatic N) is 1. The van der Waals surface area contributed by atoms with Gasteiger partial charge in [0.15, 0.2) is 0 Å². The fourth-order valence-corrected chi connectivity index (χ4v) is 2.24. The number of hydrogen-bond donors (Lipinski definition) is 2. The van der Waals surface area contributed by atoms with Crippen LogP contribution < -0.4 is 5.32 Å². The van der Waals surface area contributed by atoms with Crippen LogP contribution in [0.2, 0.25) is 0 Å². The zero-order chi connectivity index (χ0) is 13.0. The molecule has 5 nitrogen and oxygen atoms in total. The van der Waals surface area contributed by atoms with E-state index in [1.165, 1.54) is 17.6 Å². The Labute approximate surface area is 107 Å². The summed E-state index contributed by atoms with van der Waals surface area (Å²) in [5.74, 6) is 0.0814. The van der Waals surface area contributed by atoms with Crippen molar-refractivity contribution in [3.63, 3.8) is 0 Å². The van der Waals surface area contributed by atoms with Crippen molar-refractivity contribution in [3.8, 4) is 6.07 Å². The first-order valence-corrected chi connectivity index (χ1v) is 6.07. The summed E-state index contributed by atoms with van der Waals surface area (Å²) in [7, 11) is 0. The molecule has 0 saturated carbocycles. The van der Waals surface area contributed by atoms with Crippen LogP contribution in [0.25, 0.3) is 0 Å². The highest BCUT2D eigenvalue weighted by Gasteiger charge is 2.19. The number of hydrogen-bond acceptors (Lipinski definition) is 5. The summed E-state index contributed by atoms with van der Waals surface area (Å²) in [6.07, 6.45) is 1.47. The third kappa shape index (κ3) is 2.42. The van der Waals surface area contributed by atoms with Gasteiger partial charge in [-0.05, 0) is 23.6 Å². The van der Waals surface area contributed by atoms with Gasteiger partial charge in [0, 0.05) is 0 Å². The third-order valence-electron chi connectivity index (χ3n) is 2.37. The number of carbonyl (C=O) groups excluding carboxylic acids is 1. The number of aliphatic hydroxyl groups excluding tert-OH is 1. The second kappa shape index (κ2) is 5.49. The highest BCUT2D eigenvalue weighted by atomic mass is 32.1. The van der Waals surface area contributed by atoms with Gasteiger partial charge in [0.1, 0.15) is 22.7 Å². The molecule has 2 aromatic rings. The predicted molar refractivity (Wildman–Crippen MR) is 65.0 cm³/mol. The van der Waals surface area contributed by atoms with Gasteiger partial charge in [-0.15, -0.1) is 11.3 Å². The van der Waals surface area contributed by atoms with Crippen LogP contribution in [0.4, 0.5) is 0 Å². The van der Waals surface area contributed by atoms with Gasteiger partial charge < -0.3 is 14.8 Å². The van der Waals surface area contributed by atoms with Crippen LogP contribution in [0.3, 0.4) is 0 Å². The monoisotopic (exact) mass is 262 g/mol. The maximum Gasteiger partial charge on any atom is 0.263 e. The Kier molecular flexibility index (Phi) is 3.77. The molecular formula is C12H10N2O3S. The first-order valence-electron chi connectivity index (χ1n) is 5.19. The van der Waals surface area contributed by atoms with Gasteiger partial charge in [0.05, 0.1) is 18.4 Å². The molecule has 0 saturated heterocycles. The molecule has 92 valence electrons. The summed E-state index contributed by atoms with van der Waals surface area (Å²) in [5.41, 5.74) is 0.327. The molecule has 2 rings (SSSR count). The first-order chi connectivity index (χ1) is 8.76. The standard InChI is InChI=1S/C12H10N2O3S/c13-6-8-3-5-18-11(8)12(16)14-9(7-15)10-2-1-4-17-10/h1-5,9,15H,7H2,(H,14,16). The molecule has 0 aromatic carbocycles. The Morgan fingerprint density at radius 2 is 2.44 bits per heavy atom. The van der Waals surface area contributed by atoms with Crippen LogP contribution in [0.15, 0.2) is 34.3 Å². The van der Waals surface area contributed by atoms with Gasteiger partial charge in [-0.25, -0.2) is 0 Å². The van der Waals surface area contributed by atoms with Crippen LogP contribution in [-0.2, 0) is 0 Å². The Balaban J connectivity index is 2.14. The maximum atomic E-state index is 11.9. The second-order valence-corrected chi connectivity index (χ2v) is 4.42. The molecule has 0 bridgehead atoms. The summed E-state index contributed by atoms with van der Waals surface area (Å²) in [5, 5.41) is 22.4. The van der Waals surface area contributed by atoms with E-state index >= 15 is 0 Å². The molecule has 0 spiro atoms. The number of furan rings is 1. The normalized spacial score (nSPS) is 11.8. The predicted octanol–water partition coefficient (Wildman–Crippen LogP) is 1.68. The lowest BCUT2D eigenvalue weighted by molar-refractivity contribution is 0.0911. The van der Waals surface area contributed by atoms with Gasteiger partial charge in [0.25, 0.3) is 5.91 Å². The summed E-state index contributed by atoms with van der Waals surface area (Å²) in [6.45, 7) is -0.271. The van der Waals surface area contributed by atoms with Crippen molar-refractivity contribution < 1.29 is 14.3 Å². The molecule has 2 N–H and O–H groups in total. The quantitative estimate of drug-likeness (QED) is 0.877. The summed E-state index contributed by atoms with van der Waals surface area (Å²) in [6, 6.07) is 6.26. The minimum Gasteiger partial charge on any atom is -0.467 e. The molecule has 0 radical (unpaired) electrons. The third-order valence-corrected chi connectivity index (χ3v) is 3.28. The van der Waals surface area contributed by atoms with Crippen molar-refractivity contribution >= 4 is 17.2 Å². The molecular weight excluding hydrogens is 252 g/mol. The highest BCUT2D eigenvalue weighted by Crippen LogP contribution is 2.18. The number of carbonyl (C=O) groups is 1. The van der Waals surface area contributed by atoms with E-state index in [9.17, 15) is 9.90 Å². The molecule has 2 heterocycles. The van der Waals surface area contributed by atoms with E-state index in [1.807, 2.05) is 6.07 Å². The molecule has 1 unspecified atom stereocenters. The summed E-state index contributed by atoms with van der Waals surface area (Å²) < 4.78 is 5.13. The Morgan fingerprint density at radius 1 is 1.61 bits per heavy atom. The Morgan fingerprint density at radius 3 is 3.06 bits per heavy atom. The van der Waals surface area contributed by atoms with Crippen molar-refractivity contribution in [2.45, 2.75) is 6.04 Å². The topological polar surface area (TPSA) is 86.3 Å². The van der Waals surface area contributed by atoms with Crippen molar-refractivity contribution in [1.29, 1.82) is 5.26 Å². The smallest absolute Gasteiger partial charge is 0.263 e. The van der Waals surface area contributed by atoms with E-state index in [4.69, 9.17) is 9.68 Å². The van der Waals surface area contributed by atoms with Crippen molar-refractivity contribution in [3.05, 3.63) is 46.0 Å². The van der Waals surface area contributed by atoms with E-state index in [2.05, 4.69) is 5.32 Å². The molecule has 18 heavy (non-hydrogen) atoms. The SMILES string of the molecule is N#Cc1ccsc1C(=O)NC(CO)c1ccco1. The number of thiophene rings is 1. The Bertz CT molecular complexity index is 568. The second-order valence-electron chi connectivity index (χ2n) is 3.50. The minimum atomic E-state index is -0.610. The van der Waals surface area contributed by atoms with Gasteiger partial charge in [0.2, 0.25) is 0 Å². The van der Waals surface area contributed by atoms with Crippen LogP contribution in [0, 0.1) is 11.3 Å². The zero-order valence-electron chi connectivity index (χ0n) is 9.29. The molecule has 0 fully saturated rings. The molecule has 0 aliphatic carbocycles.